The molecule has 0 aromatic heterocycles. The van der Waals surface area contributed by atoms with Gasteiger partial charge in [0.2, 0.25) is 5.91 Å². The van der Waals surface area contributed by atoms with Crippen molar-refractivity contribution in [2.45, 2.75) is 145 Å². The number of amides is 3. The Morgan fingerprint density at radius 1 is 0.462 bits per heavy atom. The first kappa shape index (κ1) is 91.3. The fourth-order valence-corrected chi connectivity index (χ4v) is 4.63. The van der Waals surface area contributed by atoms with Crippen LogP contribution in [0.15, 0.2) is 15.0 Å². The van der Waals surface area contributed by atoms with Crippen LogP contribution < -0.4 is 0 Å². The van der Waals surface area contributed by atoms with Crippen molar-refractivity contribution in [2.24, 2.45) is 47.5 Å². The number of carbonyl (C=O) groups excluding carboxylic acids is 2. The van der Waals surface area contributed by atoms with Crippen LogP contribution in [-0.2, 0) is 102 Å². The fraction of sp³-hybridized carbons (Fsp3) is 0.894. The summed E-state index contributed by atoms with van der Waals surface area (Å²) in [6.07, 6.45) is 0.958. The molecule has 0 unspecified atom stereocenters. The molecule has 0 bridgehead atoms. The standard InChI is InChI=1S/C9H20N3.C8H18N2O.2C8H17N2.C8H17NO.C6H14N.5Rh/c1-9(2,3)7-12(6)8(10-4)11-5;1-8(2,3)6-10(5)7(11)9-4;1-8(2,3)6-7(9-4)10-5;1-7(9-5)10-6-8(2,3)4;1-7(10)9(5)6-8(2,3)4;1-6(2,3)5-7-4;;;;;/h7H2,1-6H3;6H2,1-5H3,(H,9,11);3*6H2,1-5H3;5H2,1-4H3;;;;;/q-1;;2*-1;;-1;;;;;/p-1. The molecule has 0 N–H and O–H groups in total. The summed E-state index contributed by atoms with van der Waals surface area (Å²) in [5.41, 5.74) is 1.61. The zero-order valence-electron chi connectivity index (χ0n) is 47.1. The van der Waals surface area contributed by atoms with Gasteiger partial charge in [-0.05, 0) is 81.2 Å². The molecule has 0 aliphatic carbocycles. The summed E-state index contributed by atoms with van der Waals surface area (Å²) in [4.78, 5) is 39.5. The van der Waals surface area contributed by atoms with Gasteiger partial charge in [0.25, 0.3) is 0 Å². The van der Waals surface area contributed by atoms with E-state index >= 15 is 0 Å². The third-order valence-electron chi connectivity index (χ3n) is 6.87. The monoisotopic (exact) mass is 1370 g/mol. The van der Waals surface area contributed by atoms with E-state index in [2.05, 4.69) is 171 Å². The van der Waals surface area contributed by atoms with E-state index in [1.54, 1.807) is 59.0 Å². The normalized spacial score (nSPS) is 11.4. The Labute approximate surface area is 469 Å². The molecule has 65 heavy (non-hydrogen) atoms. The van der Waals surface area contributed by atoms with Crippen LogP contribution >= 0.6 is 0 Å². The third kappa shape index (κ3) is 84.4. The largest absolute Gasteiger partial charge is 0.665 e. The number of hydrogen-bond donors (Lipinski definition) is 0. The predicted octanol–water partition coefficient (Wildman–Crippen LogP) is 12.5. The van der Waals surface area contributed by atoms with Gasteiger partial charge in [-0.25, -0.2) is 0 Å². The summed E-state index contributed by atoms with van der Waals surface area (Å²) in [5, 5.41) is 19.6. The van der Waals surface area contributed by atoms with Crippen molar-refractivity contribution in [1.29, 1.82) is 0 Å². The van der Waals surface area contributed by atoms with E-state index in [0.29, 0.717) is 10.8 Å². The molecule has 13 nitrogen and oxygen atoms in total. The summed E-state index contributed by atoms with van der Waals surface area (Å²) < 4.78 is 0. The summed E-state index contributed by atoms with van der Waals surface area (Å²) in [6.45, 7) is 46.7. The summed E-state index contributed by atoms with van der Waals surface area (Å²) >= 11 is 0. The Kier molecular flexibility index (Phi) is 65.2. The minimum absolute atomic E-state index is 0. The van der Waals surface area contributed by atoms with Gasteiger partial charge in [-0.1, -0.05) is 177 Å². The number of nitrogens with zero attached hydrogens (tertiary/aromatic N) is 11. The second-order valence-electron chi connectivity index (χ2n) is 22.3. The summed E-state index contributed by atoms with van der Waals surface area (Å²) in [5.74, 6) is 2.78. The van der Waals surface area contributed by atoms with E-state index in [4.69, 9.17) is 0 Å². The van der Waals surface area contributed by atoms with Crippen molar-refractivity contribution in [2.75, 3.05) is 103 Å². The van der Waals surface area contributed by atoms with Gasteiger partial charge in [-0.2, -0.15) is 7.05 Å². The van der Waals surface area contributed by atoms with Crippen molar-refractivity contribution in [3.63, 3.8) is 0 Å². The Balaban J connectivity index is -0.0000000592. The van der Waals surface area contributed by atoms with E-state index in [-0.39, 0.29) is 131 Å². The molecule has 0 aromatic rings. The van der Waals surface area contributed by atoms with Crippen LogP contribution in [0.5, 0.6) is 0 Å². The van der Waals surface area contributed by atoms with Gasteiger partial charge >= 0.3 is 0 Å². The van der Waals surface area contributed by atoms with Gasteiger partial charge < -0.3 is 56.3 Å². The summed E-state index contributed by atoms with van der Waals surface area (Å²) in [7, 11) is 17.8. The molecule has 5 radical (unpaired) electrons. The molecule has 0 saturated heterocycles. The second kappa shape index (κ2) is 46.4. The smallest absolute Gasteiger partial charge is 0.219 e. The SMILES string of the molecule is CC(=O)N(C)CC(C)(C)C.CN=C(CC(C)(C)C)[N-]C.CN=C([N-]C)N(C)CC(C)(C)C.C[N-]C(=O)N(C)CC(C)(C)C.C[N-]C(C)=NCC(C)(C)C.C[N-]CC(C)(C)C.[Rh].[Rh].[Rh].[Rh].[Rh]. The average Bonchev–Trinajstić information content (AvgIpc) is 3.04. The first-order chi connectivity index (χ1) is 26.6. The number of amidine groups is 2. The first-order valence-corrected chi connectivity index (χ1v) is 21.2. The van der Waals surface area contributed by atoms with Gasteiger partial charge in [-0.15, -0.1) is 6.54 Å². The number of urea groups is 1. The topological polar surface area (TPSA) is 151 Å². The number of aliphatic imine (C=N–C) groups is 3. The Hall–Kier alpha value is 0.0269. The fourth-order valence-electron chi connectivity index (χ4n) is 4.63. The maximum Gasteiger partial charge on any atom is 0.219 e. The Morgan fingerprint density at radius 2 is 0.831 bits per heavy atom. The third-order valence-corrected chi connectivity index (χ3v) is 6.87. The van der Waals surface area contributed by atoms with E-state index in [1.807, 2.05) is 28.1 Å². The number of hydrogen-bond acceptors (Lipinski definition) is 5. The minimum Gasteiger partial charge on any atom is -0.665 e. The van der Waals surface area contributed by atoms with Crippen LogP contribution in [0.1, 0.15) is 145 Å². The van der Waals surface area contributed by atoms with Crippen molar-refractivity contribution in [3.8, 4) is 0 Å². The van der Waals surface area contributed by atoms with E-state index < -0.39 is 0 Å². The molecule has 407 valence electrons. The zero-order valence-corrected chi connectivity index (χ0v) is 55.3. The van der Waals surface area contributed by atoms with Crippen LogP contribution in [0.2, 0.25) is 0 Å². The molecule has 0 fully saturated rings. The van der Waals surface area contributed by atoms with Crippen LogP contribution in [-0.4, -0.2) is 147 Å². The predicted molar refractivity (Wildman–Crippen MR) is 271 cm³/mol. The molecule has 3 amide bonds. The van der Waals surface area contributed by atoms with E-state index in [1.165, 1.54) is 7.05 Å². The van der Waals surface area contributed by atoms with Crippen LogP contribution in [0, 0.1) is 32.5 Å². The zero-order chi connectivity index (χ0) is 49.5. The second-order valence-corrected chi connectivity index (χ2v) is 22.3. The van der Waals surface area contributed by atoms with Crippen LogP contribution in [0.3, 0.4) is 0 Å². The summed E-state index contributed by atoms with van der Waals surface area (Å²) in [6, 6.07) is -0.153. The van der Waals surface area contributed by atoms with Crippen LogP contribution in [0.25, 0.3) is 26.6 Å². The molecule has 0 atom stereocenters. The molecule has 0 aliphatic rings. The molecule has 18 heteroatoms. The molecule has 0 heterocycles. The van der Waals surface area contributed by atoms with Crippen molar-refractivity contribution in [1.82, 2.24) is 14.7 Å². The number of carbonyl (C=O) groups is 2. The molecular formula is C47H102N11O2Rh5-5. The quantitative estimate of drug-likeness (QED) is 0.148. The van der Waals surface area contributed by atoms with Gasteiger partial charge in [-0.3, -0.25) is 9.59 Å². The molecular weight excluding hydrogens is 1270 g/mol. The molecule has 0 aliphatic heterocycles. The average molecular weight is 1370 g/mol. The molecule has 0 rings (SSSR count). The Bertz CT molecular complexity index is 1200. The molecule has 0 saturated carbocycles. The number of rotatable bonds is 6. The number of guanidine groups is 1. The van der Waals surface area contributed by atoms with Crippen molar-refractivity contribution < 1.29 is 107 Å². The van der Waals surface area contributed by atoms with Gasteiger partial charge in [0.15, 0.2) is 6.03 Å². The van der Waals surface area contributed by atoms with Gasteiger partial charge in [0, 0.05) is 124 Å². The van der Waals surface area contributed by atoms with Crippen molar-refractivity contribution >= 4 is 29.6 Å². The van der Waals surface area contributed by atoms with Gasteiger partial charge in [0.1, 0.15) is 0 Å². The van der Waals surface area contributed by atoms with Crippen molar-refractivity contribution in [3.05, 3.63) is 26.6 Å². The van der Waals surface area contributed by atoms with Gasteiger partial charge in [0.05, 0.1) is 0 Å². The first-order valence-electron chi connectivity index (χ1n) is 21.2. The maximum absolute atomic E-state index is 10.9. The minimum atomic E-state index is -0.153. The van der Waals surface area contributed by atoms with E-state index in [9.17, 15) is 9.59 Å². The maximum atomic E-state index is 10.9. The van der Waals surface area contributed by atoms with E-state index in [0.717, 1.165) is 56.8 Å². The molecule has 0 aromatic carbocycles. The van der Waals surface area contributed by atoms with Crippen LogP contribution in [0.4, 0.5) is 4.79 Å². The molecule has 0 spiro atoms. The Morgan fingerprint density at radius 3 is 1.00 bits per heavy atom.